The van der Waals surface area contributed by atoms with Gasteiger partial charge in [-0.25, -0.2) is 0 Å². The molecular formula is C23H26N2O5. The Bertz CT molecular complexity index is 910. The lowest BCUT2D eigenvalue weighted by atomic mass is 10.1. The van der Waals surface area contributed by atoms with E-state index in [9.17, 15) is 14.4 Å². The van der Waals surface area contributed by atoms with Gasteiger partial charge in [-0.05, 0) is 43.2 Å². The third kappa shape index (κ3) is 5.17. The molecular weight excluding hydrogens is 384 g/mol. The molecule has 158 valence electrons. The van der Waals surface area contributed by atoms with E-state index in [4.69, 9.17) is 9.47 Å². The van der Waals surface area contributed by atoms with Crippen molar-refractivity contribution in [2.24, 2.45) is 5.92 Å². The van der Waals surface area contributed by atoms with Gasteiger partial charge in [-0.15, -0.1) is 0 Å². The molecule has 7 nitrogen and oxygen atoms in total. The van der Waals surface area contributed by atoms with Crippen molar-refractivity contribution in [2.45, 2.75) is 26.7 Å². The van der Waals surface area contributed by atoms with Gasteiger partial charge in [-0.1, -0.05) is 31.2 Å². The molecule has 2 amide bonds. The second-order valence-electron chi connectivity index (χ2n) is 7.01. The maximum absolute atomic E-state index is 12.4. The molecule has 1 N–H and O–H groups in total. The molecule has 1 aliphatic rings. The summed E-state index contributed by atoms with van der Waals surface area (Å²) in [6.07, 6.45) is 0.990. The molecule has 0 unspecified atom stereocenters. The van der Waals surface area contributed by atoms with Crippen LogP contribution in [0.3, 0.4) is 0 Å². The molecule has 0 spiro atoms. The Morgan fingerprint density at radius 1 is 1.10 bits per heavy atom. The molecule has 2 aromatic rings. The Morgan fingerprint density at radius 2 is 1.83 bits per heavy atom. The molecule has 2 aromatic carbocycles. The lowest BCUT2D eigenvalue weighted by Crippen LogP contribution is -2.28. The van der Waals surface area contributed by atoms with Crippen molar-refractivity contribution in [3.63, 3.8) is 0 Å². The highest BCUT2D eigenvalue weighted by atomic mass is 16.5. The van der Waals surface area contributed by atoms with Crippen LogP contribution in [0.25, 0.3) is 0 Å². The third-order valence-electron chi connectivity index (χ3n) is 4.92. The molecule has 0 aliphatic carbocycles. The number of nitrogens with zero attached hydrogens (tertiary/aromatic N) is 1. The predicted molar refractivity (Wildman–Crippen MR) is 113 cm³/mol. The topological polar surface area (TPSA) is 84.9 Å². The summed E-state index contributed by atoms with van der Waals surface area (Å²) in [5.41, 5.74) is 2.45. The van der Waals surface area contributed by atoms with Gasteiger partial charge in [-0.2, -0.15) is 0 Å². The van der Waals surface area contributed by atoms with E-state index < -0.39 is 24.4 Å². The minimum Gasteiger partial charge on any atom is -0.492 e. The van der Waals surface area contributed by atoms with E-state index in [0.717, 1.165) is 12.1 Å². The van der Waals surface area contributed by atoms with Crippen LogP contribution in [0, 0.1) is 5.92 Å². The van der Waals surface area contributed by atoms with E-state index in [1.54, 1.807) is 29.2 Å². The summed E-state index contributed by atoms with van der Waals surface area (Å²) in [7, 11) is 0. The Labute approximate surface area is 176 Å². The first-order valence-electron chi connectivity index (χ1n) is 10.1. The van der Waals surface area contributed by atoms with Crippen molar-refractivity contribution >= 4 is 29.2 Å². The fourth-order valence-corrected chi connectivity index (χ4v) is 3.32. The third-order valence-corrected chi connectivity index (χ3v) is 4.92. The van der Waals surface area contributed by atoms with Crippen LogP contribution in [0.1, 0.15) is 25.8 Å². The van der Waals surface area contributed by atoms with Crippen LogP contribution in [-0.2, 0) is 25.5 Å². The summed E-state index contributed by atoms with van der Waals surface area (Å²) < 4.78 is 10.6. The van der Waals surface area contributed by atoms with Gasteiger partial charge in [0.1, 0.15) is 5.75 Å². The van der Waals surface area contributed by atoms with Crippen molar-refractivity contribution in [1.82, 2.24) is 0 Å². The normalized spacial score (nSPS) is 15.7. The van der Waals surface area contributed by atoms with Gasteiger partial charge in [0.25, 0.3) is 5.91 Å². The Balaban J connectivity index is 1.52. The van der Waals surface area contributed by atoms with Crippen molar-refractivity contribution in [2.75, 3.05) is 30.0 Å². The highest BCUT2D eigenvalue weighted by Crippen LogP contribution is 2.27. The number of rotatable bonds is 8. The smallest absolute Gasteiger partial charge is 0.311 e. The molecule has 0 bridgehead atoms. The van der Waals surface area contributed by atoms with Crippen LogP contribution in [0.5, 0.6) is 5.75 Å². The molecule has 1 saturated heterocycles. The number of nitrogens with one attached hydrogen (secondary N) is 1. The lowest BCUT2D eigenvalue weighted by molar-refractivity contribution is -0.151. The molecule has 1 fully saturated rings. The molecule has 1 aliphatic heterocycles. The SMILES string of the molecule is CCOc1ccccc1NC(=O)COC(=O)[C@@H]1CC(=O)N(c2ccc(CC)cc2)C1. The van der Waals surface area contributed by atoms with Gasteiger partial charge >= 0.3 is 5.97 Å². The second-order valence-corrected chi connectivity index (χ2v) is 7.01. The Kier molecular flexibility index (Phi) is 7.06. The largest absolute Gasteiger partial charge is 0.492 e. The predicted octanol–water partition coefficient (Wildman–Crippen LogP) is 3.18. The molecule has 3 rings (SSSR count). The fourth-order valence-electron chi connectivity index (χ4n) is 3.32. The van der Waals surface area contributed by atoms with Crippen LogP contribution < -0.4 is 15.0 Å². The zero-order chi connectivity index (χ0) is 21.5. The van der Waals surface area contributed by atoms with Gasteiger partial charge in [0.15, 0.2) is 6.61 Å². The number of esters is 1. The van der Waals surface area contributed by atoms with Crippen LogP contribution >= 0.6 is 0 Å². The number of aryl methyl sites for hydroxylation is 1. The highest BCUT2D eigenvalue weighted by molar-refractivity contribution is 6.00. The number of ether oxygens (including phenoxy) is 2. The molecule has 30 heavy (non-hydrogen) atoms. The minimum atomic E-state index is -0.591. The van der Waals surface area contributed by atoms with Crippen LogP contribution in [-0.4, -0.2) is 37.5 Å². The van der Waals surface area contributed by atoms with Crippen LogP contribution in [0.15, 0.2) is 48.5 Å². The number of para-hydroxylation sites is 2. The standard InChI is InChI=1S/C23H26N2O5/c1-3-16-9-11-18(12-10-16)25-14-17(13-22(25)27)23(28)30-15-21(26)24-19-7-5-6-8-20(19)29-4-2/h5-12,17H,3-4,13-15H2,1-2H3,(H,24,26)/t17-/m1/s1. The summed E-state index contributed by atoms with van der Waals surface area (Å²) in [5, 5.41) is 2.68. The summed E-state index contributed by atoms with van der Waals surface area (Å²) in [6, 6.07) is 14.7. The van der Waals surface area contributed by atoms with E-state index in [2.05, 4.69) is 12.2 Å². The van der Waals surface area contributed by atoms with E-state index in [1.807, 2.05) is 31.2 Å². The summed E-state index contributed by atoms with van der Waals surface area (Å²) in [4.78, 5) is 38.5. The quantitative estimate of drug-likeness (QED) is 0.676. The van der Waals surface area contributed by atoms with E-state index in [1.165, 1.54) is 5.56 Å². The Morgan fingerprint density at radius 3 is 2.53 bits per heavy atom. The molecule has 0 radical (unpaired) electrons. The van der Waals surface area contributed by atoms with Gasteiger partial charge < -0.3 is 19.7 Å². The summed E-state index contributed by atoms with van der Waals surface area (Å²) >= 11 is 0. The van der Waals surface area contributed by atoms with Gasteiger partial charge in [0.2, 0.25) is 5.91 Å². The molecule has 1 atom stereocenters. The summed E-state index contributed by atoms with van der Waals surface area (Å²) in [5.74, 6) is -1.19. The van der Waals surface area contributed by atoms with E-state index in [-0.39, 0.29) is 18.9 Å². The van der Waals surface area contributed by atoms with Crippen molar-refractivity contribution in [3.05, 3.63) is 54.1 Å². The number of amides is 2. The van der Waals surface area contributed by atoms with Crippen molar-refractivity contribution in [3.8, 4) is 5.75 Å². The first-order valence-corrected chi connectivity index (χ1v) is 10.1. The molecule has 1 heterocycles. The first kappa shape index (κ1) is 21.4. The Hall–Kier alpha value is -3.35. The van der Waals surface area contributed by atoms with Gasteiger partial charge in [0, 0.05) is 18.7 Å². The second kappa shape index (κ2) is 9.91. The van der Waals surface area contributed by atoms with Gasteiger partial charge in [0.05, 0.1) is 18.2 Å². The summed E-state index contributed by atoms with van der Waals surface area (Å²) in [6.45, 7) is 4.21. The van der Waals surface area contributed by atoms with Crippen LogP contribution in [0.2, 0.25) is 0 Å². The zero-order valence-electron chi connectivity index (χ0n) is 17.2. The number of carbonyl (C=O) groups is 3. The van der Waals surface area contributed by atoms with Crippen molar-refractivity contribution < 1.29 is 23.9 Å². The fraction of sp³-hybridized carbons (Fsp3) is 0.348. The average Bonchev–Trinajstić information content (AvgIpc) is 3.15. The maximum Gasteiger partial charge on any atom is 0.311 e. The maximum atomic E-state index is 12.4. The number of hydrogen-bond acceptors (Lipinski definition) is 5. The highest BCUT2D eigenvalue weighted by Gasteiger charge is 2.36. The molecule has 7 heteroatoms. The molecule has 0 saturated carbocycles. The van der Waals surface area contributed by atoms with Crippen LogP contribution in [0.4, 0.5) is 11.4 Å². The first-order chi connectivity index (χ1) is 14.5. The average molecular weight is 410 g/mol. The van der Waals surface area contributed by atoms with E-state index in [0.29, 0.717) is 18.0 Å². The number of hydrogen-bond donors (Lipinski definition) is 1. The number of benzene rings is 2. The number of carbonyl (C=O) groups excluding carboxylic acids is 3. The molecule has 0 aromatic heterocycles. The van der Waals surface area contributed by atoms with Gasteiger partial charge in [-0.3, -0.25) is 14.4 Å². The number of anilines is 2. The van der Waals surface area contributed by atoms with Crippen molar-refractivity contribution in [1.29, 1.82) is 0 Å². The minimum absolute atomic E-state index is 0.0726. The zero-order valence-corrected chi connectivity index (χ0v) is 17.2. The van der Waals surface area contributed by atoms with E-state index >= 15 is 0 Å². The lowest BCUT2D eigenvalue weighted by Gasteiger charge is -2.17. The monoisotopic (exact) mass is 410 g/mol.